The number of alkyl halides is 3. The van der Waals surface area contributed by atoms with Gasteiger partial charge in [-0.1, -0.05) is 18.7 Å². The van der Waals surface area contributed by atoms with Gasteiger partial charge in [0.2, 0.25) is 5.91 Å². The maximum absolute atomic E-state index is 12.3. The number of pyridine rings is 1. The van der Waals surface area contributed by atoms with Crippen molar-refractivity contribution in [3.63, 3.8) is 0 Å². The molecule has 0 saturated heterocycles. The number of hydrogen-bond donors (Lipinski definition) is 2. The number of carbonyl (C=O) groups is 2. The van der Waals surface area contributed by atoms with Gasteiger partial charge >= 0.3 is 12.1 Å². The van der Waals surface area contributed by atoms with E-state index < -0.39 is 29.5 Å². The number of carboxylic acids is 1. The van der Waals surface area contributed by atoms with Crippen molar-refractivity contribution in [2.75, 3.05) is 12.3 Å². The number of halogens is 3. The maximum Gasteiger partial charge on any atom is 0.417 e. The van der Waals surface area contributed by atoms with Crippen molar-refractivity contribution in [1.82, 2.24) is 10.3 Å². The molecule has 2 N–H and O–H groups in total. The molecule has 1 rings (SSSR count). The summed E-state index contributed by atoms with van der Waals surface area (Å²) in [6.45, 7) is 1.45. The lowest BCUT2D eigenvalue weighted by molar-refractivity contribution is -0.141. The number of rotatable bonds is 6. The van der Waals surface area contributed by atoms with Crippen molar-refractivity contribution in [2.45, 2.75) is 18.1 Å². The number of nitrogens with zero attached hydrogens (tertiary/aromatic N) is 1. The predicted octanol–water partition coefficient (Wildman–Crippen LogP) is 2.03. The minimum atomic E-state index is -4.44. The maximum atomic E-state index is 12.3. The Morgan fingerprint density at radius 2 is 2.10 bits per heavy atom. The van der Waals surface area contributed by atoms with Crippen LogP contribution in [0.5, 0.6) is 0 Å². The summed E-state index contributed by atoms with van der Waals surface area (Å²) in [5.74, 6) is -2.18. The van der Waals surface area contributed by atoms with Crippen LogP contribution in [0.3, 0.4) is 0 Å². The lowest BCUT2D eigenvalue weighted by Crippen LogP contribution is -2.32. The van der Waals surface area contributed by atoms with E-state index in [-0.39, 0.29) is 17.3 Å². The number of amides is 1. The zero-order chi connectivity index (χ0) is 16.0. The van der Waals surface area contributed by atoms with Gasteiger partial charge in [0.05, 0.1) is 22.3 Å². The fourth-order valence-electron chi connectivity index (χ4n) is 1.18. The molecule has 0 aliphatic heterocycles. The van der Waals surface area contributed by atoms with E-state index in [1.807, 2.05) is 0 Å². The summed E-state index contributed by atoms with van der Waals surface area (Å²) in [7, 11) is 0. The van der Waals surface area contributed by atoms with Gasteiger partial charge in [-0.25, -0.2) is 4.98 Å². The van der Waals surface area contributed by atoms with Gasteiger partial charge in [0.25, 0.3) is 0 Å². The Labute approximate surface area is 122 Å². The van der Waals surface area contributed by atoms with Crippen LogP contribution in [0.4, 0.5) is 13.2 Å². The van der Waals surface area contributed by atoms with Gasteiger partial charge in [0, 0.05) is 12.7 Å². The smallest absolute Gasteiger partial charge is 0.417 e. The number of aromatic nitrogens is 1. The molecule has 0 aliphatic carbocycles. The summed E-state index contributed by atoms with van der Waals surface area (Å²) >= 11 is 0.970. The molecule has 0 saturated carbocycles. The molecule has 1 unspecified atom stereocenters. The van der Waals surface area contributed by atoms with Crippen LogP contribution in [0, 0.1) is 5.92 Å². The number of aliphatic carboxylic acids is 1. The van der Waals surface area contributed by atoms with Crippen molar-refractivity contribution >= 4 is 23.6 Å². The molecule has 21 heavy (non-hydrogen) atoms. The summed E-state index contributed by atoms with van der Waals surface area (Å²) < 4.78 is 36.9. The highest BCUT2D eigenvalue weighted by atomic mass is 32.2. The van der Waals surface area contributed by atoms with Crippen molar-refractivity contribution in [2.24, 2.45) is 5.92 Å². The molecule has 1 aromatic rings. The fourth-order valence-corrected chi connectivity index (χ4v) is 1.85. The molecule has 116 valence electrons. The first-order chi connectivity index (χ1) is 9.70. The van der Waals surface area contributed by atoms with Crippen molar-refractivity contribution < 1.29 is 27.9 Å². The van der Waals surface area contributed by atoms with Gasteiger partial charge in [0.15, 0.2) is 0 Å². The van der Waals surface area contributed by atoms with Gasteiger partial charge in [-0.3, -0.25) is 9.59 Å². The van der Waals surface area contributed by atoms with Crippen molar-refractivity contribution in [1.29, 1.82) is 0 Å². The number of hydrogen-bond acceptors (Lipinski definition) is 4. The average molecular weight is 322 g/mol. The Hall–Kier alpha value is -1.77. The summed E-state index contributed by atoms with van der Waals surface area (Å²) in [5, 5.41) is 11.3. The van der Waals surface area contributed by atoms with Gasteiger partial charge in [-0.15, -0.1) is 0 Å². The number of carbonyl (C=O) groups excluding carboxylic acids is 1. The second kappa shape index (κ2) is 7.30. The van der Waals surface area contributed by atoms with Crippen LogP contribution in [-0.4, -0.2) is 34.3 Å². The second-order valence-electron chi connectivity index (χ2n) is 4.21. The monoisotopic (exact) mass is 322 g/mol. The third-order valence-corrected chi connectivity index (χ3v) is 3.39. The topological polar surface area (TPSA) is 79.3 Å². The van der Waals surface area contributed by atoms with Crippen LogP contribution < -0.4 is 5.32 Å². The highest BCUT2D eigenvalue weighted by molar-refractivity contribution is 7.99. The molecule has 1 atom stereocenters. The Kier molecular flexibility index (Phi) is 6.01. The quantitative estimate of drug-likeness (QED) is 0.784. The van der Waals surface area contributed by atoms with Crippen LogP contribution in [-0.2, 0) is 15.8 Å². The van der Waals surface area contributed by atoms with Gasteiger partial charge in [-0.2, -0.15) is 13.2 Å². The number of carboxylic acid groups (broad SMARTS) is 1. The lowest BCUT2D eigenvalue weighted by atomic mass is 10.2. The predicted molar refractivity (Wildman–Crippen MR) is 69.8 cm³/mol. The van der Waals surface area contributed by atoms with Crippen LogP contribution >= 0.6 is 11.8 Å². The van der Waals surface area contributed by atoms with E-state index in [0.717, 1.165) is 17.8 Å². The molecule has 0 spiro atoms. The normalized spacial score (nSPS) is 12.8. The van der Waals surface area contributed by atoms with Crippen LogP contribution in [0.2, 0.25) is 0 Å². The summed E-state index contributed by atoms with van der Waals surface area (Å²) in [6.07, 6.45) is -3.74. The molecule has 0 bridgehead atoms. The van der Waals surface area contributed by atoms with E-state index >= 15 is 0 Å². The highest BCUT2D eigenvalue weighted by Gasteiger charge is 2.30. The van der Waals surface area contributed by atoms with E-state index in [0.29, 0.717) is 6.20 Å². The van der Waals surface area contributed by atoms with E-state index in [4.69, 9.17) is 5.11 Å². The first-order valence-electron chi connectivity index (χ1n) is 5.85. The minimum absolute atomic E-state index is 0.00479. The Morgan fingerprint density at radius 3 is 2.57 bits per heavy atom. The molecule has 1 heterocycles. The van der Waals surface area contributed by atoms with Crippen LogP contribution in [0.15, 0.2) is 23.4 Å². The third kappa shape index (κ3) is 6.03. The Balaban J connectivity index is 2.41. The Morgan fingerprint density at radius 1 is 1.43 bits per heavy atom. The third-order valence-electron chi connectivity index (χ3n) is 2.44. The number of thioether (sulfide) groups is 1. The van der Waals surface area contributed by atoms with Gasteiger partial charge in [0.1, 0.15) is 0 Å². The largest absolute Gasteiger partial charge is 0.481 e. The summed E-state index contributed by atoms with van der Waals surface area (Å²) in [5.41, 5.74) is -0.855. The summed E-state index contributed by atoms with van der Waals surface area (Å²) in [4.78, 5) is 25.6. The minimum Gasteiger partial charge on any atom is -0.481 e. The van der Waals surface area contributed by atoms with E-state index in [2.05, 4.69) is 10.3 Å². The molecule has 5 nitrogen and oxygen atoms in total. The zero-order valence-corrected chi connectivity index (χ0v) is 11.8. The highest BCUT2D eigenvalue weighted by Crippen LogP contribution is 2.29. The first kappa shape index (κ1) is 17.3. The molecule has 0 aliphatic rings. The first-order valence-corrected chi connectivity index (χ1v) is 6.84. The Bertz CT molecular complexity index is 505. The van der Waals surface area contributed by atoms with E-state index in [1.165, 1.54) is 13.0 Å². The van der Waals surface area contributed by atoms with Gasteiger partial charge in [-0.05, 0) is 12.1 Å². The molecule has 1 amide bonds. The molecule has 9 heteroatoms. The standard InChI is InChI=1S/C12H13F3N2O3S/c1-7(11(19)20)4-16-9(18)6-21-10-3-2-8(5-17-10)12(13,14)15/h2-3,5,7H,4,6H2,1H3,(H,16,18)(H,19,20). The molecule has 1 aromatic heterocycles. The molecule has 0 aromatic carbocycles. The molecule has 0 fully saturated rings. The fraction of sp³-hybridized carbons (Fsp3) is 0.417. The van der Waals surface area contributed by atoms with E-state index in [9.17, 15) is 22.8 Å². The summed E-state index contributed by atoms with van der Waals surface area (Å²) in [6, 6.07) is 2.07. The van der Waals surface area contributed by atoms with E-state index in [1.54, 1.807) is 0 Å². The molecule has 0 radical (unpaired) electrons. The number of nitrogens with one attached hydrogen (secondary N) is 1. The van der Waals surface area contributed by atoms with Gasteiger partial charge < -0.3 is 10.4 Å². The average Bonchev–Trinajstić information content (AvgIpc) is 2.41. The van der Waals surface area contributed by atoms with Crippen LogP contribution in [0.1, 0.15) is 12.5 Å². The SMILES string of the molecule is CC(CNC(=O)CSc1ccc(C(F)(F)F)cn1)C(=O)O. The molecular weight excluding hydrogens is 309 g/mol. The van der Waals surface area contributed by atoms with Crippen molar-refractivity contribution in [3.8, 4) is 0 Å². The second-order valence-corrected chi connectivity index (χ2v) is 5.21. The van der Waals surface area contributed by atoms with Crippen LogP contribution in [0.25, 0.3) is 0 Å². The zero-order valence-electron chi connectivity index (χ0n) is 11.0. The lowest BCUT2D eigenvalue weighted by Gasteiger charge is -2.08. The molecular formula is C12H13F3N2O3S. The van der Waals surface area contributed by atoms with Crippen molar-refractivity contribution in [3.05, 3.63) is 23.9 Å².